The molecule has 1 fully saturated rings. The third-order valence-electron chi connectivity index (χ3n) is 8.30. The molecular weight excluding hydrogens is 654 g/mol. The molecule has 0 aromatic heterocycles. The van der Waals surface area contributed by atoms with Crippen molar-refractivity contribution >= 4 is 52.2 Å². The van der Waals surface area contributed by atoms with Gasteiger partial charge in [-0.2, -0.15) is 0 Å². The van der Waals surface area contributed by atoms with Gasteiger partial charge in [0.15, 0.2) is 0 Å². The Bertz CT molecular complexity index is 1770. The Kier molecular flexibility index (Phi) is 15.0. The average molecular weight is 702 g/mol. The molecule has 51 heavy (non-hydrogen) atoms. The predicted octanol–water partition coefficient (Wildman–Crippen LogP) is 5.21. The molecule has 0 radical (unpaired) electrons. The first-order chi connectivity index (χ1) is 24.2. The second-order valence-electron chi connectivity index (χ2n) is 12.7. The molecule has 4 rings (SSSR count). The number of benzene rings is 3. The maximum atomic E-state index is 12.4. The van der Waals surface area contributed by atoms with Crippen molar-refractivity contribution in [1.29, 1.82) is 0 Å². The number of fused-ring (bicyclic) bond motifs is 1. The number of nitrogens with zero attached hydrogens (tertiary/aromatic N) is 2. The van der Waals surface area contributed by atoms with E-state index in [-0.39, 0.29) is 29.7 Å². The number of ether oxygens (including phenoxy) is 1. The van der Waals surface area contributed by atoms with Gasteiger partial charge in [-0.15, -0.1) is 4.91 Å². The van der Waals surface area contributed by atoms with Crippen LogP contribution in [-0.2, 0) is 30.3 Å². The maximum absolute atomic E-state index is 12.4. The van der Waals surface area contributed by atoms with E-state index in [4.69, 9.17) is 9.84 Å². The minimum Gasteiger partial charge on any atom is -0.480 e. The number of carboxylic acid groups (broad SMARTS) is 1. The van der Waals surface area contributed by atoms with E-state index < -0.39 is 41.9 Å². The van der Waals surface area contributed by atoms with E-state index in [9.17, 15) is 28.9 Å². The summed E-state index contributed by atoms with van der Waals surface area (Å²) in [6.45, 7) is 10.8. The molecule has 3 atom stereocenters. The summed E-state index contributed by atoms with van der Waals surface area (Å²) in [6.07, 6.45) is 5.72. The summed E-state index contributed by atoms with van der Waals surface area (Å²) in [6, 6.07) is 15.2. The van der Waals surface area contributed by atoms with Crippen LogP contribution in [0.2, 0.25) is 0 Å². The van der Waals surface area contributed by atoms with Gasteiger partial charge in [-0.25, -0.2) is 10.2 Å². The van der Waals surface area contributed by atoms with Gasteiger partial charge in [0.2, 0.25) is 11.8 Å². The van der Waals surface area contributed by atoms with Gasteiger partial charge in [-0.1, -0.05) is 69.3 Å². The zero-order chi connectivity index (χ0) is 37.7. The number of rotatable bonds is 12. The van der Waals surface area contributed by atoms with E-state index in [0.29, 0.717) is 24.9 Å². The van der Waals surface area contributed by atoms with Crippen LogP contribution in [0, 0.1) is 17.7 Å². The van der Waals surface area contributed by atoms with Crippen LogP contribution in [-0.4, -0.2) is 71.1 Å². The van der Waals surface area contributed by atoms with E-state index >= 15 is 0 Å². The van der Waals surface area contributed by atoms with Gasteiger partial charge in [0.25, 0.3) is 5.91 Å². The van der Waals surface area contributed by atoms with Crippen LogP contribution < -0.4 is 16.1 Å². The van der Waals surface area contributed by atoms with Gasteiger partial charge in [-0.05, 0) is 89.9 Å². The monoisotopic (exact) mass is 701 g/mol. The summed E-state index contributed by atoms with van der Waals surface area (Å²) in [4.78, 5) is 70.0. The predicted molar refractivity (Wildman–Crippen MR) is 195 cm³/mol. The highest BCUT2D eigenvalue weighted by Crippen LogP contribution is 2.23. The molecule has 0 aliphatic carbocycles. The second kappa shape index (κ2) is 19.1. The molecule has 1 saturated heterocycles. The standard InChI is InChI=1S/C23H21NO3.C15H26N4O5/c1-3-17-9-11-19-12-10-18(15-20(19)14-17)7-5-13-27-23(25)22-16(2)6-4-8-21(22)24-26;1-8(2)12(17-10(4)20)13(21)16-9(3)14(22)19-7-5-6-11(18-19)15(23)24/h4-12,14-15H,3,13H2,1-2H3;8-9,11-12,18H,5-7H2,1-4H3,(H,16,21)(H,17,20)(H,23,24)/b7-5+;/t;9-,11-,12?/m.0/s1. The molecule has 1 unspecified atom stereocenters. The van der Waals surface area contributed by atoms with Gasteiger partial charge in [-0.3, -0.25) is 24.2 Å². The minimum absolute atomic E-state index is 0.102. The molecule has 3 amide bonds. The molecular formula is C38H47N5O8. The number of nitrogens with one attached hydrogen (secondary N) is 3. The Balaban J connectivity index is 0.000000278. The Morgan fingerprint density at radius 1 is 1.04 bits per heavy atom. The van der Waals surface area contributed by atoms with E-state index in [1.54, 1.807) is 39.0 Å². The lowest BCUT2D eigenvalue weighted by atomic mass is 10.0. The molecule has 3 aromatic carbocycles. The number of aryl methyl sites for hydroxylation is 2. The van der Waals surface area contributed by atoms with Gasteiger partial charge >= 0.3 is 11.9 Å². The quantitative estimate of drug-likeness (QED) is 0.145. The number of hydrogen-bond acceptors (Lipinski definition) is 9. The highest BCUT2D eigenvalue weighted by atomic mass is 16.5. The summed E-state index contributed by atoms with van der Waals surface area (Å²) in [5.41, 5.74) is 5.99. The molecule has 272 valence electrons. The van der Waals surface area contributed by atoms with Crippen LogP contribution in [0.25, 0.3) is 16.8 Å². The SMILES string of the molecule is CC(=O)NC(C(=O)N[C@@H](C)C(=O)N1CCC[C@@H](C(=O)O)N1)C(C)C.CCc1ccc2ccc(/C=C/COC(=O)c3c(C)cccc3N=O)cc2c1. The average Bonchev–Trinajstić information content (AvgIpc) is 3.11. The Morgan fingerprint density at radius 3 is 2.41 bits per heavy atom. The van der Waals surface area contributed by atoms with Crippen molar-refractivity contribution in [2.24, 2.45) is 11.1 Å². The summed E-state index contributed by atoms with van der Waals surface area (Å²) in [5.74, 6) is -2.90. The lowest BCUT2D eigenvalue weighted by molar-refractivity contribution is -0.148. The third-order valence-corrected chi connectivity index (χ3v) is 8.30. The number of hydrazine groups is 1. The van der Waals surface area contributed by atoms with Gasteiger partial charge in [0.1, 0.15) is 30.4 Å². The number of carbonyl (C=O) groups excluding carboxylic acids is 4. The largest absolute Gasteiger partial charge is 0.480 e. The van der Waals surface area contributed by atoms with Crippen molar-refractivity contribution < 1.29 is 33.8 Å². The summed E-state index contributed by atoms with van der Waals surface area (Å²) >= 11 is 0. The molecule has 0 saturated carbocycles. The van der Waals surface area contributed by atoms with Gasteiger partial charge < -0.3 is 20.5 Å². The normalized spacial score (nSPS) is 15.4. The molecule has 1 aliphatic heterocycles. The number of esters is 1. The summed E-state index contributed by atoms with van der Waals surface area (Å²) in [5, 5.41) is 20.7. The van der Waals surface area contributed by atoms with Crippen molar-refractivity contribution in [2.75, 3.05) is 13.2 Å². The van der Waals surface area contributed by atoms with Crippen molar-refractivity contribution in [3.63, 3.8) is 0 Å². The van der Waals surface area contributed by atoms with Crippen molar-refractivity contribution in [3.05, 3.63) is 87.8 Å². The number of nitroso groups, excluding NO2 is 1. The first kappa shape index (κ1) is 40.0. The Hall–Kier alpha value is -5.43. The molecule has 3 aromatic rings. The van der Waals surface area contributed by atoms with Crippen LogP contribution in [0.4, 0.5) is 5.69 Å². The summed E-state index contributed by atoms with van der Waals surface area (Å²) in [7, 11) is 0. The topological polar surface area (TPSA) is 184 Å². The fourth-order valence-electron chi connectivity index (χ4n) is 5.49. The van der Waals surface area contributed by atoms with Crippen LogP contribution in [0.1, 0.15) is 74.5 Å². The molecule has 4 N–H and O–H groups in total. The van der Waals surface area contributed by atoms with E-state index in [1.165, 1.54) is 41.3 Å². The molecule has 13 nitrogen and oxygen atoms in total. The zero-order valence-electron chi connectivity index (χ0n) is 29.9. The minimum atomic E-state index is -1.02. The number of hydrogen-bond donors (Lipinski definition) is 4. The van der Waals surface area contributed by atoms with E-state index in [1.807, 2.05) is 12.1 Å². The lowest BCUT2D eigenvalue weighted by Crippen LogP contribution is -2.60. The van der Waals surface area contributed by atoms with E-state index in [2.05, 4.69) is 58.5 Å². The van der Waals surface area contributed by atoms with Crippen molar-refractivity contribution in [3.8, 4) is 0 Å². The smallest absolute Gasteiger partial charge is 0.341 e. The van der Waals surface area contributed by atoms with Gasteiger partial charge in [0, 0.05) is 13.5 Å². The number of amides is 3. The van der Waals surface area contributed by atoms with Crippen LogP contribution in [0.5, 0.6) is 0 Å². The molecule has 1 aliphatic rings. The fourth-order valence-corrected chi connectivity index (χ4v) is 5.49. The van der Waals surface area contributed by atoms with Crippen LogP contribution in [0.15, 0.2) is 65.9 Å². The number of aliphatic carboxylic acids is 1. The molecule has 1 heterocycles. The van der Waals surface area contributed by atoms with Crippen LogP contribution in [0.3, 0.4) is 0 Å². The maximum Gasteiger partial charge on any atom is 0.341 e. The van der Waals surface area contributed by atoms with Crippen molar-refractivity contribution in [2.45, 2.75) is 78.9 Å². The van der Waals surface area contributed by atoms with Crippen LogP contribution >= 0.6 is 0 Å². The van der Waals surface area contributed by atoms with Crippen molar-refractivity contribution in [1.82, 2.24) is 21.1 Å². The first-order valence-corrected chi connectivity index (χ1v) is 16.9. The number of carboxylic acids is 1. The Labute approximate surface area is 297 Å². The highest BCUT2D eigenvalue weighted by Gasteiger charge is 2.32. The Morgan fingerprint density at radius 2 is 1.76 bits per heavy atom. The highest BCUT2D eigenvalue weighted by molar-refractivity contribution is 5.96. The molecule has 0 bridgehead atoms. The lowest BCUT2D eigenvalue weighted by Gasteiger charge is -2.34. The first-order valence-electron chi connectivity index (χ1n) is 16.9. The van der Waals surface area contributed by atoms with E-state index in [0.717, 1.165) is 12.0 Å². The fraction of sp³-hybridized carbons (Fsp3) is 0.395. The molecule has 0 spiro atoms. The molecule has 13 heteroatoms. The zero-order valence-corrected chi connectivity index (χ0v) is 29.9. The number of carbonyl (C=O) groups is 5. The van der Waals surface area contributed by atoms with Gasteiger partial charge in [0.05, 0.1) is 5.56 Å². The summed E-state index contributed by atoms with van der Waals surface area (Å²) < 4.78 is 5.27. The third kappa shape index (κ3) is 11.6. The second-order valence-corrected chi connectivity index (χ2v) is 12.7.